The molecule has 0 N–H and O–H groups in total. The van der Waals surface area contributed by atoms with Crippen LogP contribution in [0.4, 0.5) is 0 Å². The van der Waals surface area contributed by atoms with Gasteiger partial charge in [0.25, 0.3) is 0 Å². The molecule has 141 heavy (non-hydrogen) atoms. The first-order valence-electron chi connectivity index (χ1n) is 48.0. The van der Waals surface area contributed by atoms with Gasteiger partial charge in [0.1, 0.15) is 11.6 Å². The summed E-state index contributed by atoms with van der Waals surface area (Å²) in [6.45, 7) is 0. The average molecular weight is 1830 g/mol. The Bertz CT molecular complexity index is 9590. The fraction of sp³-hybridized carbons (Fsp3) is 0. The van der Waals surface area contributed by atoms with Crippen LogP contribution in [-0.4, -0.2) is 46.5 Å². The van der Waals surface area contributed by atoms with Gasteiger partial charge in [0.15, 0.2) is 0 Å². The standard InChI is InChI=1S/C130H80N10.V.H/c1-6-28-91(29-7-1)133-112-44-22-16-38-96(112)102-70-81(50-60-118(102)133)86-59-69-127-107(75-86)101-43-21-27-49-117(101)140(127)130-131-128(138-123-65-55-87(82-51-61-119-103(71-82)97-39-17-23-45-113(97)134(119)92-30-8-2-9-31-92)76-108(123)109-77-88(56-66-124(109)138)83-52-62-120-104(72-83)98-40-18-24-46-114(98)135(120)93-32-10-3-11-33-93)80-129(132-130)139-125-67-57-89(84-53-63-121-105(73-84)99-41-19-25-47-115(99)136(121)94-34-12-4-13-35-94)78-110(125)111-79-90(58-68-126(111)139)85-54-64-122-106(74-85)100-42-20-26-48-116(100)137(122)95-36-14-5-15-37-95;;/h1-80H;;/q;;-1. The minimum Gasteiger partial charge on any atom is -1.00 e. The van der Waals surface area contributed by atoms with Crippen LogP contribution in [-0.2, 0) is 18.6 Å². The van der Waals surface area contributed by atoms with Crippen molar-refractivity contribution >= 4 is 174 Å². The third kappa shape index (κ3) is 12.2. The molecule has 0 atom stereocenters. The number of benzene rings is 21. The Balaban J connectivity index is 0.00000492. The molecular weight excluding hydrogens is 1750 g/mol. The summed E-state index contributed by atoms with van der Waals surface area (Å²) in [7, 11) is 0. The Kier molecular flexibility index (Phi) is 17.8. The van der Waals surface area contributed by atoms with Gasteiger partial charge in [0, 0.05) is 139 Å². The fourth-order valence-corrected chi connectivity index (χ4v) is 23.4. The van der Waals surface area contributed by atoms with Crippen LogP contribution in [0.1, 0.15) is 1.43 Å². The molecular formula is C130H81N10V-. The molecule has 0 saturated carbocycles. The summed E-state index contributed by atoms with van der Waals surface area (Å²) in [6, 6.07) is 179. The molecule has 10 nitrogen and oxygen atoms in total. The Morgan fingerprint density at radius 1 is 0.121 bits per heavy atom. The predicted molar refractivity (Wildman–Crippen MR) is 585 cm³/mol. The third-order valence-electron chi connectivity index (χ3n) is 29.6. The van der Waals surface area contributed by atoms with E-state index in [4.69, 9.17) is 9.97 Å². The zero-order valence-electron chi connectivity index (χ0n) is 77.1. The predicted octanol–water partition coefficient (Wildman–Crippen LogP) is 33.7. The van der Waals surface area contributed by atoms with Gasteiger partial charge in [0.2, 0.25) is 5.95 Å². The SMILES string of the molecule is [H-].[V].c1ccc(-n2c3ccccc3c3cc(-c4ccc5c(c4)c4cc(-c6ccc7c(c6)c6ccccc6n7-c6ccccc6)ccc4n5-c4cc(-n5c6ccc(-c7ccc8c(c7)c7ccccc7n8-c7ccccc7)cc6c6cc(-c7ccc8c(c7)c7ccccc7n8-c7ccccc7)ccc65)nc(-n5c6ccccc6c6cc(-c7ccc8c(c7)c7ccccc7n8-c7ccccc7)ccc65)n4)ccc32)cc1. The first-order valence-corrected chi connectivity index (χ1v) is 48.0. The van der Waals surface area contributed by atoms with Crippen molar-refractivity contribution in [3.05, 3.63) is 485 Å². The fourth-order valence-electron chi connectivity index (χ4n) is 23.4. The van der Waals surface area contributed by atoms with Gasteiger partial charge in [-0.15, -0.1) is 0 Å². The topological polar surface area (TPSA) is 65.2 Å². The van der Waals surface area contributed by atoms with E-state index < -0.39 is 0 Å². The monoisotopic (exact) mass is 1830 g/mol. The van der Waals surface area contributed by atoms with E-state index in [1.54, 1.807) is 0 Å². The van der Waals surface area contributed by atoms with Gasteiger partial charge in [-0.3, -0.25) is 13.7 Å². The molecule has 30 aromatic rings. The van der Waals surface area contributed by atoms with Crippen LogP contribution in [0.3, 0.4) is 0 Å². The summed E-state index contributed by atoms with van der Waals surface area (Å²) in [4.78, 5) is 12.3. The molecule has 21 aromatic carbocycles. The summed E-state index contributed by atoms with van der Waals surface area (Å²) in [5.41, 5.74) is 34.3. The molecule has 9 aromatic heterocycles. The number of rotatable bonds is 13. The molecule has 0 saturated heterocycles. The van der Waals surface area contributed by atoms with Crippen LogP contribution in [0.2, 0.25) is 0 Å². The molecule has 1 radical (unpaired) electrons. The average Bonchev–Trinajstić information content (AvgIpc) is 1.55. The number of aromatic nitrogens is 10. The molecule has 0 amide bonds. The Morgan fingerprint density at radius 2 is 0.262 bits per heavy atom. The van der Waals surface area contributed by atoms with Gasteiger partial charge in [-0.05, 0) is 274 Å². The van der Waals surface area contributed by atoms with Crippen molar-refractivity contribution in [1.29, 1.82) is 0 Å². The van der Waals surface area contributed by atoms with Crippen LogP contribution in [0.15, 0.2) is 485 Å². The van der Waals surface area contributed by atoms with Crippen molar-refractivity contribution in [2.45, 2.75) is 0 Å². The van der Waals surface area contributed by atoms with E-state index in [0.717, 1.165) is 199 Å². The van der Waals surface area contributed by atoms with E-state index in [1.165, 1.54) is 59.4 Å². The number of fused-ring (bicyclic) bond motifs is 24. The van der Waals surface area contributed by atoms with Gasteiger partial charge in [0.05, 0.1) is 88.3 Å². The minimum atomic E-state index is 0. The Morgan fingerprint density at radius 3 is 0.454 bits per heavy atom. The van der Waals surface area contributed by atoms with Gasteiger partial charge >= 0.3 is 0 Å². The Hall–Kier alpha value is -18.3. The van der Waals surface area contributed by atoms with E-state index in [-0.39, 0.29) is 20.0 Å². The summed E-state index contributed by atoms with van der Waals surface area (Å²) in [5.74, 6) is 1.93. The van der Waals surface area contributed by atoms with Crippen LogP contribution < -0.4 is 0 Å². The van der Waals surface area contributed by atoms with E-state index in [0.29, 0.717) is 17.6 Å². The molecule has 0 bridgehead atoms. The van der Waals surface area contributed by atoms with E-state index in [2.05, 4.69) is 522 Å². The molecule has 0 aliphatic rings. The normalized spacial score (nSPS) is 12.1. The van der Waals surface area contributed by atoms with Crippen molar-refractivity contribution in [1.82, 2.24) is 46.5 Å². The molecule has 0 aliphatic heterocycles. The van der Waals surface area contributed by atoms with E-state index in [1.807, 2.05) is 0 Å². The smallest absolute Gasteiger partial charge is 0.238 e. The molecule has 30 rings (SSSR count). The number of hydrogen-bond acceptors (Lipinski definition) is 2. The van der Waals surface area contributed by atoms with Crippen molar-refractivity contribution in [2.24, 2.45) is 0 Å². The minimum absolute atomic E-state index is 0. The first-order chi connectivity index (χ1) is 69.4. The van der Waals surface area contributed by atoms with Crippen LogP contribution >= 0.6 is 0 Å². The van der Waals surface area contributed by atoms with Gasteiger partial charge in [-0.1, -0.05) is 261 Å². The second-order valence-electron chi connectivity index (χ2n) is 37.2. The molecule has 657 valence electrons. The van der Waals surface area contributed by atoms with Gasteiger partial charge in [-0.2, -0.15) is 9.97 Å². The maximum absolute atomic E-state index is 6.14. The Labute approximate surface area is 821 Å². The van der Waals surface area contributed by atoms with E-state index in [9.17, 15) is 0 Å². The summed E-state index contributed by atoms with van der Waals surface area (Å²) >= 11 is 0. The zero-order valence-corrected chi connectivity index (χ0v) is 77.5. The summed E-state index contributed by atoms with van der Waals surface area (Å²) in [5, 5.41) is 18.5. The number of nitrogens with zero attached hydrogens (tertiary/aromatic N) is 10. The second kappa shape index (κ2) is 31.4. The van der Waals surface area contributed by atoms with Crippen molar-refractivity contribution < 1.29 is 20.0 Å². The first kappa shape index (κ1) is 80.0. The van der Waals surface area contributed by atoms with Crippen molar-refractivity contribution in [2.75, 3.05) is 0 Å². The van der Waals surface area contributed by atoms with Crippen molar-refractivity contribution in [3.8, 4) is 102 Å². The van der Waals surface area contributed by atoms with Crippen LogP contribution in [0.25, 0.3) is 276 Å². The largest absolute Gasteiger partial charge is 1.00 e. The molecule has 0 spiro atoms. The molecule has 11 heteroatoms. The van der Waals surface area contributed by atoms with Crippen molar-refractivity contribution in [3.63, 3.8) is 0 Å². The maximum Gasteiger partial charge on any atom is 0.238 e. The molecule has 0 aliphatic carbocycles. The quantitative estimate of drug-likeness (QED) is 0.115. The molecule has 9 heterocycles. The molecule has 0 unspecified atom stereocenters. The summed E-state index contributed by atoms with van der Waals surface area (Å²) in [6.07, 6.45) is 0. The third-order valence-corrected chi connectivity index (χ3v) is 29.6. The van der Waals surface area contributed by atoms with Gasteiger partial charge in [-0.25, -0.2) is 0 Å². The molecule has 0 fully saturated rings. The second-order valence-corrected chi connectivity index (χ2v) is 37.2. The van der Waals surface area contributed by atoms with Gasteiger partial charge < -0.3 is 24.3 Å². The van der Waals surface area contributed by atoms with Crippen LogP contribution in [0.5, 0.6) is 0 Å². The van der Waals surface area contributed by atoms with Crippen LogP contribution in [0, 0.1) is 0 Å². The zero-order chi connectivity index (χ0) is 91.5. The summed E-state index contributed by atoms with van der Waals surface area (Å²) < 4.78 is 19.1. The maximum atomic E-state index is 6.14. The number of hydrogen-bond donors (Lipinski definition) is 0. The van der Waals surface area contributed by atoms with E-state index >= 15 is 0 Å². The number of para-hydroxylation sites is 11.